The third-order valence-electron chi connectivity index (χ3n) is 3.98. The highest BCUT2D eigenvalue weighted by Crippen LogP contribution is 2.47. The number of hydrogen-bond acceptors (Lipinski definition) is 2. The Hall–Kier alpha value is -1.38. The topological polar surface area (TPSA) is 65.5 Å². The molecule has 2 rings (SSSR count). The molecule has 1 aliphatic rings. The standard InChI is InChI=1S/C17H25FN4O.HI/c1-3-19-15(23)11-21-16(20-4-2)22-12-17(8-9-17)13-6-5-7-14(18)10-13;/h5-7,10H,3-4,8-9,11-12H2,1-2H3,(H,19,23)(H2,20,21,22);1H. The van der Waals surface area contributed by atoms with Gasteiger partial charge in [0.2, 0.25) is 5.91 Å². The molecule has 0 bridgehead atoms. The molecule has 1 aromatic carbocycles. The van der Waals surface area contributed by atoms with Crippen molar-refractivity contribution in [1.82, 2.24) is 16.0 Å². The fourth-order valence-corrected chi connectivity index (χ4v) is 2.54. The molecule has 1 aliphatic carbocycles. The van der Waals surface area contributed by atoms with E-state index in [-0.39, 0.29) is 47.7 Å². The van der Waals surface area contributed by atoms with Gasteiger partial charge in [-0.3, -0.25) is 4.79 Å². The molecule has 7 heteroatoms. The van der Waals surface area contributed by atoms with Gasteiger partial charge in [-0.05, 0) is 44.4 Å². The van der Waals surface area contributed by atoms with Crippen molar-refractivity contribution in [2.24, 2.45) is 4.99 Å². The molecule has 0 unspecified atom stereocenters. The van der Waals surface area contributed by atoms with Gasteiger partial charge in [0.05, 0.1) is 0 Å². The number of guanidine groups is 1. The van der Waals surface area contributed by atoms with E-state index < -0.39 is 0 Å². The molecule has 0 spiro atoms. The molecule has 0 aromatic heterocycles. The van der Waals surface area contributed by atoms with Crippen LogP contribution in [-0.2, 0) is 10.2 Å². The van der Waals surface area contributed by atoms with Crippen molar-refractivity contribution in [3.63, 3.8) is 0 Å². The molecule has 0 heterocycles. The van der Waals surface area contributed by atoms with Gasteiger partial charge in [0.15, 0.2) is 5.96 Å². The number of likely N-dealkylation sites (N-methyl/N-ethyl adjacent to an activating group) is 1. The van der Waals surface area contributed by atoms with Crippen molar-refractivity contribution in [2.75, 3.05) is 26.2 Å². The highest BCUT2D eigenvalue weighted by molar-refractivity contribution is 14.0. The summed E-state index contributed by atoms with van der Waals surface area (Å²) in [7, 11) is 0. The number of benzene rings is 1. The van der Waals surface area contributed by atoms with Crippen LogP contribution in [0.5, 0.6) is 0 Å². The van der Waals surface area contributed by atoms with Crippen molar-refractivity contribution in [2.45, 2.75) is 32.1 Å². The number of hydrogen-bond donors (Lipinski definition) is 3. The van der Waals surface area contributed by atoms with Crippen LogP contribution >= 0.6 is 24.0 Å². The van der Waals surface area contributed by atoms with Crippen LogP contribution in [0.1, 0.15) is 32.3 Å². The summed E-state index contributed by atoms with van der Waals surface area (Å²) in [6.45, 7) is 5.94. The van der Waals surface area contributed by atoms with Crippen molar-refractivity contribution >= 4 is 35.8 Å². The normalized spacial score (nSPS) is 15.2. The molecular formula is C17H26FIN4O. The fourth-order valence-electron chi connectivity index (χ4n) is 2.54. The largest absolute Gasteiger partial charge is 0.357 e. The van der Waals surface area contributed by atoms with E-state index in [9.17, 15) is 9.18 Å². The SMILES string of the molecule is CCNC(=O)CN=C(NCC)NCC1(c2cccc(F)c2)CC1.I. The summed E-state index contributed by atoms with van der Waals surface area (Å²) in [5.74, 6) is 0.308. The molecule has 1 aromatic rings. The second-order valence-electron chi connectivity index (χ2n) is 5.79. The van der Waals surface area contributed by atoms with Crippen molar-refractivity contribution < 1.29 is 9.18 Å². The Balaban J connectivity index is 0.00000288. The summed E-state index contributed by atoms with van der Waals surface area (Å²) in [6.07, 6.45) is 2.05. The maximum Gasteiger partial charge on any atom is 0.241 e. The Labute approximate surface area is 159 Å². The zero-order chi connectivity index (χ0) is 16.7. The van der Waals surface area contributed by atoms with Gasteiger partial charge in [-0.1, -0.05) is 12.1 Å². The first kappa shape index (κ1) is 20.7. The van der Waals surface area contributed by atoms with Crippen LogP contribution in [0.2, 0.25) is 0 Å². The molecule has 0 atom stereocenters. The van der Waals surface area contributed by atoms with E-state index in [4.69, 9.17) is 0 Å². The Morgan fingerprint density at radius 1 is 1.21 bits per heavy atom. The smallest absolute Gasteiger partial charge is 0.241 e. The Kier molecular flexibility index (Phi) is 8.44. The number of nitrogens with one attached hydrogen (secondary N) is 3. The first-order valence-electron chi connectivity index (χ1n) is 8.14. The van der Waals surface area contributed by atoms with E-state index in [1.165, 1.54) is 6.07 Å². The van der Waals surface area contributed by atoms with Crippen molar-refractivity contribution in [3.8, 4) is 0 Å². The first-order valence-corrected chi connectivity index (χ1v) is 8.14. The lowest BCUT2D eigenvalue weighted by Crippen LogP contribution is -2.42. The predicted molar refractivity (Wildman–Crippen MR) is 105 cm³/mol. The Bertz CT molecular complexity index is 575. The molecule has 0 aliphatic heterocycles. The first-order chi connectivity index (χ1) is 11.1. The molecular weight excluding hydrogens is 422 g/mol. The maximum atomic E-state index is 13.4. The quantitative estimate of drug-likeness (QED) is 0.341. The second-order valence-corrected chi connectivity index (χ2v) is 5.79. The number of halogens is 2. The van der Waals surface area contributed by atoms with E-state index in [0.29, 0.717) is 25.6 Å². The Morgan fingerprint density at radius 3 is 2.50 bits per heavy atom. The molecule has 1 fully saturated rings. The van der Waals surface area contributed by atoms with Gasteiger partial charge in [0.1, 0.15) is 12.4 Å². The average Bonchev–Trinajstić information content (AvgIpc) is 3.32. The average molecular weight is 448 g/mol. The van der Waals surface area contributed by atoms with Crippen LogP contribution in [0.4, 0.5) is 4.39 Å². The zero-order valence-corrected chi connectivity index (χ0v) is 16.5. The highest BCUT2D eigenvalue weighted by atomic mass is 127. The third-order valence-corrected chi connectivity index (χ3v) is 3.98. The minimum absolute atomic E-state index is 0. The van der Waals surface area contributed by atoms with E-state index >= 15 is 0 Å². The molecule has 134 valence electrons. The molecule has 1 saturated carbocycles. The van der Waals surface area contributed by atoms with Crippen LogP contribution in [0.25, 0.3) is 0 Å². The van der Waals surface area contributed by atoms with Gasteiger partial charge in [0.25, 0.3) is 0 Å². The molecule has 0 saturated heterocycles. The maximum absolute atomic E-state index is 13.4. The summed E-state index contributed by atoms with van der Waals surface area (Å²) >= 11 is 0. The van der Waals surface area contributed by atoms with Gasteiger partial charge in [-0.15, -0.1) is 24.0 Å². The second kappa shape index (κ2) is 9.80. The summed E-state index contributed by atoms with van der Waals surface area (Å²) in [4.78, 5) is 15.8. The van der Waals surface area contributed by atoms with E-state index in [1.54, 1.807) is 12.1 Å². The van der Waals surface area contributed by atoms with Crippen molar-refractivity contribution in [1.29, 1.82) is 0 Å². The molecule has 0 radical (unpaired) electrons. The number of amides is 1. The predicted octanol–water partition coefficient (Wildman–Crippen LogP) is 2.17. The lowest BCUT2D eigenvalue weighted by atomic mass is 9.96. The van der Waals surface area contributed by atoms with Crippen LogP contribution in [0.3, 0.4) is 0 Å². The Morgan fingerprint density at radius 2 is 1.92 bits per heavy atom. The monoisotopic (exact) mass is 448 g/mol. The van der Waals surface area contributed by atoms with E-state index in [2.05, 4.69) is 20.9 Å². The lowest BCUT2D eigenvalue weighted by Gasteiger charge is -2.19. The summed E-state index contributed by atoms with van der Waals surface area (Å²) in [5.41, 5.74) is 0.994. The van der Waals surface area contributed by atoms with E-state index in [1.807, 2.05) is 19.9 Å². The molecule has 24 heavy (non-hydrogen) atoms. The minimum Gasteiger partial charge on any atom is -0.357 e. The summed E-state index contributed by atoms with van der Waals surface area (Å²) in [6, 6.07) is 6.79. The molecule has 5 nitrogen and oxygen atoms in total. The van der Waals surface area contributed by atoms with Gasteiger partial charge in [0, 0.05) is 25.0 Å². The minimum atomic E-state index is -0.203. The molecule has 3 N–H and O–H groups in total. The van der Waals surface area contributed by atoms with Gasteiger partial charge < -0.3 is 16.0 Å². The van der Waals surface area contributed by atoms with Crippen molar-refractivity contribution in [3.05, 3.63) is 35.6 Å². The van der Waals surface area contributed by atoms with Crippen LogP contribution in [0, 0.1) is 5.82 Å². The number of rotatable bonds is 7. The van der Waals surface area contributed by atoms with Crippen LogP contribution in [-0.4, -0.2) is 38.0 Å². The number of carbonyl (C=O) groups is 1. The van der Waals surface area contributed by atoms with Crippen LogP contribution < -0.4 is 16.0 Å². The number of nitrogens with zero attached hydrogens (tertiary/aromatic N) is 1. The van der Waals surface area contributed by atoms with Gasteiger partial charge in [-0.25, -0.2) is 9.38 Å². The zero-order valence-electron chi connectivity index (χ0n) is 14.2. The lowest BCUT2D eigenvalue weighted by molar-refractivity contribution is -0.119. The number of aliphatic imine (C=N–C) groups is 1. The van der Waals surface area contributed by atoms with Crippen LogP contribution in [0.15, 0.2) is 29.3 Å². The fraction of sp³-hybridized carbons (Fsp3) is 0.529. The highest BCUT2D eigenvalue weighted by Gasteiger charge is 2.44. The third kappa shape index (κ3) is 5.92. The number of carbonyl (C=O) groups excluding carboxylic acids is 1. The molecule has 1 amide bonds. The van der Waals surface area contributed by atoms with Gasteiger partial charge >= 0.3 is 0 Å². The summed E-state index contributed by atoms with van der Waals surface area (Å²) < 4.78 is 13.4. The van der Waals surface area contributed by atoms with E-state index in [0.717, 1.165) is 18.4 Å². The van der Waals surface area contributed by atoms with Gasteiger partial charge in [-0.2, -0.15) is 0 Å². The summed E-state index contributed by atoms with van der Waals surface area (Å²) in [5, 5.41) is 9.12.